The van der Waals surface area contributed by atoms with Crippen LogP contribution in [0.25, 0.3) is 6.08 Å². The van der Waals surface area contributed by atoms with E-state index in [0.717, 1.165) is 11.8 Å². The van der Waals surface area contributed by atoms with Gasteiger partial charge in [-0.2, -0.15) is 0 Å². The number of benzene rings is 1. The van der Waals surface area contributed by atoms with E-state index in [2.05, 4.69) is 5.32 Å². The van der Waals surface area contributed by atoms with Crippen molar-refractivity contribution in [1.29, 1.82) is 0 Å². The Bertz CT molecular complexity index is 539. The molecule has 2 amide bonds. The first-order chi connectivity index (χ1) is 8.60. The number of hydrogen-bond donors (Lipinski definition) is 2. The van der Waals surface area contributed by atoms with Crippen molar-refractivity contribution < 1.29 is 19.4 Å². The highest BCUT2D eigenvalue weighted by Crippen LogP contribution is 2.30. The van der Waals surface area contributed by atoms with Crippen molar-refractivity contribution in [1.82, 2.24) is 5.32 Å². The van der Waals surface area contributed by atoms with Gasteiger partial charge in [0.25, 0.3) is 11.1 Å². The molecule has 1 fully saturated rings. The summed E-state index contributed by atoms with van der Waals surface area (Å²) in [5, 5.41) is 11.5. The second kappa shape index (κ2) is 5.14. The van der Waals surface area contributed by atoms with Gasteiger partial charge >= 0.3 is 0 Å². The SMILES string of the molecule is CCOc1ccc(C=C2SC(=O)NC2=O)c(O)c1. The molecule has 0 aliphatic carbocycles. The fraction of sp³-hybridized carbons (Fsp3) is 0.167. The number of ether oxygens (including phenoxy) is 1. The lowest BCUT2D eigenvalue weighted by molar-refractivity contribution is -0.115. The number of carbonyl (C=O) groups excluding carboxylic acids is 2. The van der Waals surface area contributed by atoms with Crippen molar-refractivity contribution in [2.24, 2.45) is 0 Å². The Morgan fingerprint density at radius 3 is 2.78 bits per heavy atom. The quantitative estimate of drug-likeness (QED) is 0.819. The van der Waals surface area contributed by atoms with Crippen LogP contribution in [0.3, 0.4) is 0 Å². The molecule has 0 aromatic heterocycles. The van der Waals surface area contributed by atoms with Gasteiger partial charge in [0.2, 0.25) is 0 Å². The molecular formula is C12H11NO4S. The molecule has 1 heterocycles. The average molecular weight is 265 g/mol. The predicted octanol–water partition coefficient (Wildman–Crippen LogP) is 2.11. The first-order valence-electron chi connectivity index (χ1n) is 5.31. The van der Waals surface area contributed by atoms with Crippen LogP contribution in [0.4, 0.5) is 4.79 Å². The second-order valence-electron chi connectivity index (χ2n) is 3.51. The summed E-state index contributed by atoms with van der Waals surface area (Å²) in [6.07, 6.45) is 1.47. The number of aromatic hydroxyl groups is 1. The number of amides is 2. The number of carbonyl (C=O) groups is 2. The highest BCUT2D eigenvalue weighted by molar-refractivity contribution is 8.18. The summed E-state index contributed by atoms with van der Waals surface area (Å²) in [7, 11) is 0. The fourth-order valence-corrected chi connectivity index (χ4v) is 2.14. The van der Waals surface area contributed by atoms with Crippen LogP contribution >= 0.6 is 11.8 Å². The van der Waals surface area contributed by atoms with E-state index in [0.29, 0.717) is 17.9 Å². The zero-order valence-corrected chi connectivity index (χ0v) is 10.4. The Morgan fingerprint density at radius 1 is 1.44 bits per heavy atom. The van der Waals surface area contributed by atoms with Gasteiger partial charge in [0, 0.05) is 11.6 Å². The number of imide groups is 1. The van der Waals surface area contributed by atoms with Crippen LogP contribution in [0.1, 0.15) is 12.5 Å². The normalized spacial score (nSPS) is 17.1. The van der Waals surface area contributed by atoms with Crippen LogP contribution in [0.5, 0.6) is 11.5 Å². The lowest BCUT2D eigenvalue weighted by Crippen LogP contribution is -2.17. The first-order valence-corrected chi connectivity index (χ1v) is 6.12. The van der Waals surface area contributed by atoms with E-state index < -0.39 is 11.1 Å². The van der Waals surface area contributed by atoms with Gasteiger partial charge < -0.3 is 9.84 Å². The van der Waals surface area contributed by atoms with Crippen molar-refractivity contribution in [3.05, 3.63) is 28.7 Å². The molecule has 18 heavy (non-hydrogen) atoms. The van der Waals surface area contributed by atoms with Gasteiger partial charge in [-0.15, -0.1) is 0 Å². The van der Waals surface area contributed by atoms with Gasteiger partial charge in [-0.05, 0) is 36.9 Å². The first kappa shape index (κ1) is 12.5. The molecule has 0 spiro atoms. The van der Waals surface area contributed by atoms with E-state index in [9.17, 15) is 14.7 Å². The van der Waals surface area contributed by atoms with Crippen LogP contribution in [0.2, 0.25) is 0 Å². The third kappa shape index (κ3) is 2.65. The molecule has 6 heteroatoms. The van der Waals surface area contributed by atoms with Crippen LogP contribution in [0, 0.1) is 0 Å². The number of phenolic OH excluding ortho intramolecular Hbond substituents is 1. The van der Waals surface area contributed by atoms with Crippen molar-refractivity contribution in [3.63, 3.8) is 0 Å². The van der Waals surface area contributed by atoms with E-state index in [1.54, 1.807) is 12.1 Å². The lowest BCUT2D eigenvalue weighted by Gasteiger charge is -2.05. The maximum absolute atomic E-state index is 11.3. The highest BCUT2D eigenvalue weighted by Gasteiger charge is 2.25. The fourth-order valence-electron chi connectivity index (χ4n) is 1.46. The van der Waals surface area contributed by atoms with E-state index in [1.807, 2.05) is 6.92 Å². The molecule has 1 aromatic carbocycles. The van der Waals surface area contributed by atoms with Crippen molar-refractivity contribution >= 4 is 29.0 Å². The highest BCUT2D eigenvalue weighted by atomic mass is 32.2. The Morgan fingerprint density at radius 2 is 2.22 bits per heavy atom. The minimum Gasteiger partial charge on any atom is -0.507 e. The van der Waals surface area contributed by atoms with Gasteiger partial charge in [0.05, 0.1) is 11.5 Å². The largest absolute Gasteiger partial charge is 0.507 e. The summed E-state index contributed by atoms with van der Waals surface area (Å²) >= 11 is 0.811. The zero-order valence-electron chi connectivity index (χ0n) is 9.60. The molecule has 5 nitrogen and oxygen atoms in total. The third-order valence-electron chi connectivity index (χ3n) is 2.24. The van der Waals surface area contributed by atoms with Crippen LogP contribution in [-0.2, 0) is 4.79 Å². The standard InChI is InChI=1S/C12H11NO4S/c1-2-17-8-4-3-7(9(14)6-8)5-10-11(15)13-12(16)18-10/h3-6,14H,2H2,1H3,(H,13,15,16). The van der Waals surface area contributed by atoms with Gasteiger partial charge in [-0.3, -0.25) is 14.9 Å². The summed E-state index contributed by atoms with van der Waals surface area (Å²) in [6, 6.07) is 4.79. The second-order valence-corrected chi connectivity index (χ2v) is 4.52. The minimum absolute atomic E-state index is 0.00111. The van der Waals surface area contributed by atoms with E-state index >= 15 is 0 Å². The topological polar surface area (TPSA) is 75.6 Å². The monoisotopic (exact) mass is 265 g/mol. The molecular weight excluding hydrogens is 254 g/mol. The van der Waals surface area contributed by atoms with E-state index in [4.69, 9.17) is 4.74 Å². The molecule has 0 bridgehead atoms. The maximum atomic E-state index is 11.3. The van der Waals surface area contributed by atoms with E-state index in [1.165, 1.54) is 12.1 Å². The van der Waals surface area contributed by atoms with Gasteiger partial charge in [0.1, 0.15) is 11.5 Å². The van der Waals surface area contributed by atoms with Gasteiger partial charge in [-0.1, -0.05) is 0 Å². The number of nitrogens with one attached hydrogen (secondary N) is 1. The molecule has 1 saturated heterocycles. The summed E-state index contributed by atoms with van der Waals surface area (Å²) in [6.45, 7) is 2.35. The molecule has 0 unspecified atom stereocenters. The van der Waals surface area contributed by atoms with Crippen LogP contribution in [-0.4, -0.2) is 22.9 Å². The summed E-state index contributed by atoms with van der Waals surface area (Å²) in [5.41, 5.74) is 0.464. The minimum atomic E-state index is -0.446. The molecule has 1 aromatic rings. The Labute approximate surface area is 108 Å². The molecule has 0 radical (unpaired) electrons. The molecule has 94 valence electrons. The van der Waals surface area contributed by atoms with Crippen LogP contribution < -0.4 is 10.1 Å². The summed E-state index contributed by atoms with van der Waals surface area (Å²) in [4.78, 5) is 22.6. The van der Waals surface area contributed by atoms with Crippen molar-refractivity contribution in [3.8, 4) is 11.5 Å². The molecule has 1 aliphatic rings. The molecule has 2 rings (SSSR count). The number of phenols is 1. The molecule has 2 N–H and O–H groups in total. The molecule has 0 saturated carbocycles. The van der Waals surface area contributed by atoms with Gasteiger partial charge in [-0.25, -0.2) is 0 Å². The average Bonchev–Trinajstić information content (AvgIpc) is 2.62. The van der Waals surface area contributed by atoms with Crippen molar-refractivity contribution in [2.45, 2.75) is 6.92 Å². The summed E-state index contributed by atoms with van der Waals surface area (Å²) < 4.78 is 5.23. The number of rotatable bonds is 3. The van der Waals surface area contributed by atoms with Crippen molar-refractivity contribution in [2.75, 3.05) is 6.61 Å². The molecule has 1 aliphatic heterocycles. The molecule has 0 atom stereocenters. The number of hydrogen-bond acceptors (Lipinski definition) is 5. The van der Waals surface area contributed by atoms with Gasteiger partial charge in [0.15, 0.2) is 0 Å². The predicted molar refractivity (Wildman–Crippen MR) is 68.4 cm³/mol. The Hall–Kier alpha value is -1.95. The third-order valence-corrected chi connectivity index (χ3v) is 3.05. The number of thioether (sulfide) groups is 1. The Kier molecular flexibility index (Phi) is 3.57. The van der Waals surface area contributed by atoms with E-state index in [-0.39, 0.29) is 10.7 Å². The maximum Gasteiger partial charge on any atom is 0.290 e. The zero-order chi connectivity index (χ0) is 13.1. The summed E-state index contributed by atoms with van der Waals surface area (Å²) in [5.74, 6) is 0.108. The van der Waals surface area contributed by atoms with Crippen LogP contribution in [0.15, 0.2) is 23.1 Å². The smallest absolute Gasteiger partial charge is 0.290 e. The Balaban J connectivity index is 2.27. The lowest BCUT2D eigenvalue weighted by atomic mass is 10.1.